The van der Waals surface area contributed by atoms with Crippen molar-refractivity contribution in [1.82, 2.24) is 9.88 Å². The van der Waals surface area contributed by atoms with E-state index in [0.29, 0.717) is 32.4 Å². The number of nitrogens with zero attached hydrogens (tertiary/aromatic N) is 2. The molecule has 1 aromatic carbocycles. The summed E-state index contributed by atoms with van der Waals surface area (Å²) in [4.78, 5) is 18.7. The van der Waals surface area contributed by atoms with Crippen LogP contribution < -0.4 is 0 Å². The number of hydrogen-bond donors (Lipinski definition) is 1. The predicted molar refractivity (Wildman–Crippen MR) is 111 cm³/mol. The SMILES string of the molecule is CC(C)S(=O)(=O)c1ccc(CC(=O)N2CCC(O)(Cc3ccncc3)CC2)cc1. The Bertz CT molecular complexity index is 933. The molecule has 0 radical (unpaired) electrons. The number of carbonyl (C=O) groups excluding carboxylic acids is 1. The fourth-order valence-electron chi connectivity index (χ4n) is 3.59. The van der Waals surface area contributed by atoms with E-state index in [1.165, 1.54) is 0 Å². The quantitative estimate of drug-likeness (QED) is 0.781. The summed E-state index contributed by atoms with van der Waals surface area (Å²) in [6, 6.07) is 10.4. The van der Waals surface area contributed by atoms with E-state index in [-0.39, 0.29) is 17.2 Å². The molecular formula is C22H28N2O4S. The normalized spacial score (nSPS) is 16.8. The van der Waals surface area contributed by atoms with Crippen LogP contribution in [0.15, 0.2) is 53.7 Å². The van der Waals surface area contributed by atoms with Crippen LogP contribution in [-0.4, -0.2) is 53.3 Å². The number of piperidine rings is 1. The Hall–Kier alpha value is -2.25. The van der Waals surface area contributed by atoms with Crippen molar-refractivity contribution in [3.05, 3.63) is 59.9 Å². The van der Waals surface area contributed by atoms with Crippen molar-refractivity contribution >= 4 is 15.7 Å². The third-order valence-corrected chi connectivity index (χ3v) is 7.73. The van der Waals surface area contributed by atoms with Crippen LogP contribution >= 0.6 is 0 Å². The third-order valence-electron chi connectivity index (χ3n) is 5.56. The molecule has 6 nitrogen and oxygen atoms in total. The average molecular weight is 417 g/mol. The summed E-state index contributed by atoms with van der Waals surface area (Å²) in [6.07, 6.45) is 5.29. The fraction of sp³-hybridized carbons (Fsp3) is 0.455. The summed E-state index contributed by atoms with van der Waals surface area (Å²) in [5, 5.41) is 10.4. The maximum atomic E-state index is 12.6. The Morgan fingerprint density at radius 1 is 1.07 bits per heavy atom. The number of amides is 1. The number of carbonyl (C=O) groups is 1. The molecule has 29 heavy (non-hydrogen) atoms. The minimum Gasteiger partial charge on any atom is -0.389 e. The second-order valence-electron chi connectivity index (χ2n) is 8.05. The molecule has 2 aromatic rings. The Morgan fingerprint density at radius 2 is 1.66 bits per heavy atom. The van der Waals surface area contributed by atoms with Gasteiger partial charge in [-0.1, -0.05) is 12.1 Å². The molecule has 0 atom stereocenters. The van der Waals surface area contributed by atoms with Gasteiger partial charge in [-0.2, -0.15) is 0 Å². The van der Waals surface area contributed by atoms with Gasteiger partial charge in [0.1, 0.15) is 0 Å². The summed E-state index contributed by atoms with van der Waals surface area (Å²) in [6.45, 7) is 4.33. The summed E-state index contributed by atoms with van der Waals surface area (Å²) < 4.78 is 24.4. The highest BCUT2D eigenvalue weighted by Gasteiger charge is 2.34. The molecule has 1 aromatic heterocycles. The van der Waals surface area contributed by atoms with E-state index in [4.69, 9.17) is 0 Å². The van der Waals surface area contributed by atoms with Crippen molar-refractivity contribution in [3.8, 4) is 0 Å². The summed E-state index contributed by atoms with van der Waals surface area (Å²) >= 11 is 0. The van der Waals surface area contributed by atoms with Crippen molar-refractivity contribution in [1.29, 1.82) is 0 Å². The number of aliphatic hydroxyl groups is 1. The smallest absolute Gasteiger partial charge is 0.226 e. The fourth-order valence-corrected chi connectivity index (χ4v) is 4.65. The molecule has 7 heteroatoms. The van der Waals surface area contributed by atoms with Crippen LogP contribution in [0.25, 0.3) is 0 Å². The van der Waals surface area contributed by atoms with Crippen molar-refractivity contribution in [2.24, 2.45) is 0 Å². The standard InChI is InChI=1S/C22H28N2O4S/c1-17(2)29(27,28)20-5-3-18(4-6-20)15-21(25)24-13-9-22(26,10-14-24)16-19-7-11-23-12-8-19/h3-8,11-12,17,26H,9-10,13-16H2,1-2H3. The van der Waals surface area contributed by atoms with Gasteiger partial charge in [-0.15, -0.1) is 0 Å². The van der Waals surface area contributed by atoms with Crippen LogP contribution in [0.5, 0.6) is 0 Å². The average Bonchev–Trinajstić information content (AvgIpc) is 2.69. The van der Waals surface area contributed by atoms with Gasteiger partial charge < -0.3 is 10.0 Å². The lowest BCUT2D eigenvalue weighted by Crippen LogP contribution is -2.48. The molecule has 3 rings (SSSR count). The number of aromatic nitrogens is 1. The maximum absolute atomic E-state index is 12.6. The Kier molecular flexibility index (Phi) is 6.39. The molecule has 1 aliphatic heterocycles. The lowest BCUT2D eigenvalue weighted by atomic mass is 9.85. The molecule has 0 unspecified atom stereocenters. The number of benzene rings is 1. The second-order valence-corrected chi connectivity index (χ2v) is 10.6. The monoisotopic (exact) mass is 416 g/mol. The van der Waals surface area contributed by atoms with Crippen molar-refractivity contribution in [2.45, 2.75) is 55.3 Å². The van der Waals surface area contributed by atoms with E-state index in [0.717, 1.165) is 11.1 Å². The van der Waals surface area contributed by atoms with Gasteiger partial charge in [-0.25, -0.2) is 8.42 Å². The zero-order valence-corrected chi connectivity index (χ0v) is 17.7. The first-order chi connectivity index (χ1) is 13.7. The summed E-state index contributed by atoms with van der Waals surface area (Å²) in [5.41, 5.74) is 1.03. The first kappa shape index (κ1) is 21.5. The van der Waals surface area contributed by atoms with Crippen molar-refractivity contribution in [3.63, 3.8) is 0 Å². The van der Waals surface area contributed by atoms with Gasteiger partial charge in [0.15, 0.2) is 9.84 Å². The molecule has 1 amide bonds. The molecule has 0 bridgehead atoms. The molecule has 156 valence electrons. The zero-order valence-electron chi connectivity index (χ0n) is 16.9. The predicted octanol–water partition coefficient (Wildman–Crippen LogP) is 2.40. The zero-order chi connectivity index (χ0) is 21.1. The first-order valence-electron chi connectivity index (χ1n) is 9.91. The van der Waals surface area contributed by atoms with E-state index in [9.17, 15) is 18.3 Å². The highest BCUT2D eigenvalue weighted by Crippen LogP contribution is 2.27. The van der Waals surface area contributed by atoms with Crippen LogP contribution in [0.1, 0.15) is 37.8 Å². The number of likely N-dealkylation sites (tertiary alicyclic amines) is 1. The maximum Gasteiger partial charge on any atom is 0.226 e. The Morgan fingerprint density at radius 3 is 2.21 bits per heavy atom. The van der Waals surface area contributed by atoms with Crippen LogP contribution in [0.2, 0.25) is 0 Å². The topological polar surface area (TPSA) is 87.6 Å². The van der Waals surface area contributed by atoms with Crippen molar-refractivity contribution < 1.29 is 18.3 Å². The van der Waals surface area contributed by atoms with E-state index >= 15 is 0 Å². The number of rotatable bonds is 6. The largest absolute Gasteiger partial charge is 0.389 e. The van der Waals surface area contributed by atoms with Crippen LogP contribution in [0.4, 0.5) is 0 Å². The molecule has 1 saturated heterocycles. The molecular weight excluding hydrogens is 388 g/mol. The first-order valence-corrected chi connectivity index (χ1v) is 11.5. The van der Waals surface area contributed by atoms with Gasteiger partial charge in [0.05, 0.1) is 22.2 Å². The summed E-state index contributed by atoms with van der Waals surface area (Å²) in [7, 11) is -3.31. The Labute approximate surface area is 172 Å². The summed E-state index contributed by atoms with van der Waals surface area (Å²) in [5.74, 6) is -0.00423. The number of pyridine rings is 1. The van der Waals surface area contributed by atoms with Crippen LogP contribution in [0, 0.1) is 0 Å². The van der Waals surface area contributed by atoms with Gasteiger partial charge in [-0.3, -0.25) is 9.78 Å². The molecule has 1 aliphatic rings. The van der Waals surface area contributed by atoms with Crippen molar-refractivity contribution in [2.75, 3.05) is 13.1 Å². The minimum atomic E-state index is -3.31. The van der Waals surface area contributed by atoms with Gasteiger partial charge >= 0.3 is 0 Å². The van der Waals surface area contributed by atoms with Gasteiger partial charge in [0.2, 0.25) is 5.91 Å². The van der Waals surface area contributed by atoms with Gasteiger partial charge in [0.25, 0.3) is 0 Å². The number of sulfone groups is 1. The van der Waals surface area contributed by atoms with E-state index < -0.39 is 20.7 Å². The molecule has 1 N–H and O–H groups in total. The molecule has 1 fully saturated rings. The lowest BCUT2D eigenvalue weighted by Gasteiger charge is -2.38. The highest BCUT2D eigenvalue weighted by atomic mass is 32.2. The number of hydrogen-bond acceptors (Lipinski definition) is 5. The van der Waals surface area contributed by atoms with E-state index in [1.807, 2.05) is 12.1 Å². The van der Waals surface area contributed by atoms with E-state index in [2.05, 4.69) is 4.98 Å². The van der Waals surface area contributed by atoms with Crippen LogP contribution in [0.3, 0.4) is 0 Å². The van der Waals surface area contributed by atoms with Crippen LogP contribution in [-0.2, 0) is 27.5 Å². The van der Waals surface area contributed by atoms with Gasteiger partial charge in [0, 0.05) is 31.9 Å². The molecule has 0 spiro atoms. The molecule has 2 heterocycles. The second kappa shape index (κ2) is 8.63. The third kappa shape index (κ3) is 5.22. The lowest BCUT2D eigenvalue weighted by molar-refractivity contribution is -0.134. The molecule has 0 aliphatic carbocycles. The van der Waals surface area contributed by atoms with E-state index in [1.54, 1.807) is 55.4 Å². The Balaban J connectivity index is 1.56. The minimum absolute atomic E-state index is 0.00423. The molecule has 0 saturated carbocycles. The highest BCUT2D eigenvalue weighted by molar-refractivity contribution is 7.92. The van der Waals surface area contributed by atoms with Gasteiger partial charge in [-0.05, 0) is 62.1 Å².